The summed E-state index contributed by atoms with van der Waals surface area (Å²) in [5, 5.41) is 0.918. The molecule has 0 radical (unpaired) electrons. The summed E-state index contributed by atoms with van der Waals surface area (Å²) in [6, 6.07) is 8.11. The van der Waals surface area contributed by atoms with Crippen molar-refractivity contribution in [2.45, 2.75) is 25.4 Å². The molecule has 0 amide bonds. The molecule has 1 unspecified atom stereocenters. The van der Waals surface area contributed by atoms with Crippen molar-refractivity contribution in [2.75, 3.05) is 18.8 Å². The largest absolute Gasteiger partial charge is 0.383 e. The van der Waals surface area contributed by atoms with Gasteiger partial charge in [-0.3, -0.25) is 4.90 Å². The number of nitrogens with zero attached hydrogens (tertiary/aromatic N) is 3. The van der Waals surface area contributed by atoms with Gasteiger partial charge in [0.05, 0.1) is 12.1 Å². The maximum atomic E-state index is 6.00. The smallest absolute Gasteiger partial charge is 0.145 e. The number of benzene rings is 1. The lowest BCUT2D eigenvalue weighted by Crippen LogP contribution is -2.42. The van der Waals surface area contributed by atoms with Crippen molar-refractivity contribution >= 4 is 16.7 Å². The molecule has 1 aliphatic heterocycles. The van der Waals surface area contributed by atoms with Crippen LogP contribution >= 0.6 is 0 Å². The van der Waals surface area contributed by atoms with Crippen LogP contribution in [0.5, 0.6) is 0 Å². The van der Waals surface area contributed by atoms with Gasteiger partial charge < -0.3 is 11.5 Å². The van der Waals surface area contributed by atoms with Gasteiger partial charge in [0.15, 0.2) is 0 Å². The van der Waals surface area contributed by atoms with Gasteiger partial charge in [0.2, 0.25) is 0 Å². The number of hydrogen-bond donors (Lipinski definition) is 2. The molecule has 5 heteroatoms. The zero-order valence-electron chi connectivity index (χ0n) is 10.9. The average Bonchev–Trinajstić information content (AvgIpc) is 2.39. The van der Waals surface area contributed by atoms with Crippen molar-refractivity contribution in [2.24, 2.45) is 5.73 Å². The summed E-state index contributed by atoms with van der Waals surface area (Å²) in [5.74, 6) is 1.34. The number of aromatic nitrogens is 2. The molecule has 19 heavy (non-hydrogen) atoms. The first-order valence-electron chi connectivity index (χ1n) is 6.71. The summed E-state index contributed by atoms with van der Waals surface area (Å²) in [6.07, 6.45) is 2.25. The van der Waals surface area contributed by atoms with E-state index in [1.165, 1.54) is 0 Å². The van der Waals surface area contributed by atoms with Gasteiger partial charge in [0, 0.05) is 18.0 Å². The van der Waals surface area contributed by atoms with Crippen molar-refractivity contribution in [1.82, 2.24) is 14.9 Å². The number of nitrogen functional groups attached to an aromatic ring is 1. The van der Waals surface area contributed by atoms with E-state index >= 15 is 0 Å². The Morgan fingerprint density at radius 3 is 2.95 bits per heavy atom. The van der Waals surface area contributed by atoms with Crippen LogP contribution in [-0.2, 0) is 6.54 Å². The third-order valence-corrected chi connectivity index (χ3v) is 3.59. The fourth-order valence-electron chi connectivity index (χ4n) is 2.66. The normalized spacial score (nSPS) is 20.8. The van der Waals surface area contributed by atoms with E-state index < -0.39 is 0 Å². The van der Waals surface area contributed by atoms with Gasteiger partial charge in [-0.05, 0) is 31.5 Å². The van der Waals surface area contributed by atoms with Crippen molar-refractivity contribution in [1.29, 1.82) is 0 Å². The van der Waals surface area contributed by atoms with Crippen LogP contribution in [0.4, 0.5) is 5.82 Å². The van der Waals surface area contributed by atoms with E-state index in [0.29, 0.717) is 5.82 Å². The molecular formula is C14H19N5. The van der Waals surface area contributed by atoms with Crippen LogP contribution < -0.4 is 11.5 Å². The van der Waals surface area contributed by atoms with Gasteiger partial charge in [0.25, 0.3) is 0 Å². The number of para-hydroxylation sites is 1. The van der Waals surface area contributed by atoms with Crippen LogP contribution in [-0.4, -0.2) is 34.0 Å². The number of likely N-dealkylation sites (tertiary alicyclic amines) is 1. The Kier molecular flexibility index (Phi) is 3.31. The molecule has 3 rings (SSSR count). The SMILES string of the molecule is Nc1nc(CN2CCCC(N)C2)nc2ccccc12. The van der Waals surface area contributed by atoms with E-state index in [0.717, 1.165) is 49.2 Å². The molecule has 1 atom stereocenters. The highest BCUT2D eigenvalue weighted by molar-refractivity contribution is 5.87. The van der Waals surface area contributed by atoms with Gasteiger partial charge in [-0.1, -0.05) is 12.1 Å². The zero-order chi connectivity index (χ0) is 13.2. The van der Waals surface area contributed by atoms with Crippen molar-refractivity contribution in [3.05, 3.63) is 30.1 Å². The van der Waals surface area contributed by atoms with Crippen LogP contribution in [0.25, 0.3) is 10.9 Å². The molecule has 1 aliphatic rings. The second-order valence-corrected chi connectivity index (χ2v) is 5.18. The third kappa shape index (κ3) is 2.67. The predicted molar refractivity (Wildman–Crippen MR) is 76.4 cm³/mol. The maximum Gasteiger partial charge on any atom is 0.145 e. The molecule has 4 N–H and O–H groups in total. The number of hydrogen-bond acceptors (Lipinski definition) is 5. The van der Waals surface area contributed by atoms with Gasteiger partial charge in [-0.15, -0.1) is 0 Å². The maximum absolute atomic E-state index is 6.00. The van der Waals surface area contributed by atoms with E-state index in [9.17, 15) is 0 Å². The summed E-state index contributed by atoms with van der Waals surface area (Å²) in [4.78, 5) is 11.3. The summed E-state index contributed by atoms with van der Waals surface area (Å²) in [7, 11) is 0. The summed E-state index contributed by atoms with van der Waals surface area (Å²) in [6.45, 7) is 2.70. The first-order valence-corrected chi connectivity index (χ1v) is 6.71. The molecule has 2 heterocycles. The zero-order valence-corrected chi connectivity index (χ0v) is 10.9. The lowest BCUT2D eigenvalue weighted by Gasteiger charge is -2.30. The minimum Gasteiger partial charge on any atom is -0.383 e. The summed E-state index contributed by atoms with van der Waals surface area (Å²) < 4.78 is 0. The van der Waals surface area contributed by atoms with Gasteiger partial charge >= 0.3 is 0 Å². The predicted octanol–water partition coefficient (Wildman–Crippen LogP) is 1.14. The molecule has 1 aromatic heterocycles. The molecular weight excluding hydrogens is 238 g/mol. The van der Waals surface area contributed by atoms with Crippen molar-refractivity contribution < 1.29 is 0 Å². The monoisotopic (exact) mass is 257 g/mol. The highest BCUT2D eigenvalue weighted by Gasteiger charge is 2.18. The van der Waals surface area contributed by atoms with E-state index in [-0.39, 0.29) is 6.04 Å². The van der Waals surface area contributed by atoms with Crippen LogP contribution in [0.1, 0.15) is 18.7 Å². The molecule has 0 spiro atoms. The Balaban J connectivity index is 1.85. The first-order chi connectivity index (χ1) is 9.22. The van der Waals surface area contributed by atoms with Crippen LogP contribution in [0.2, 0.25) is 0 Å². The Morgan fingerprint density at radius 2 is 2.11 bits per heavy atom. The molecule has 0 saturated carbocycles. The third-order valence-electron chi connectivity index (χ3n) is 3.59. The number of fused-ring (bicyclic) bond motifs is 1. The van der Waals surface area contributed by atoms with Gasteiger partial charge in [-0.25, -0.2) is 9.97 Å². The first kappa shape index (κ1) is 12.3. The molecule has 0 aliphatic carbocycles. The topological polar surface area (TPSA) is 81.1 Å². The van der Waals surface area contributed by atoms with Gasteiger partial charge in [0.1, 0.15) is 11.6 Å². The number of nitrogens with two attached hydrogens (primary N) is 2. The Bertz CT molecular complexity index is 583. The van der Waals surface area contributed by atoms with E-state index in [1.54, 1.807) is 0 Å². The highest BCUT2D eigenvalue weighted by Crippen LogP contribution is 2.18. The number of piperidine rings is 1. The average molecular weight is 257 g/mol. The fourth-order valence-corrected chi connectivity index (χ4v) is 2.66. The van der Waals surface area contributed by atoms with Crippen molar-refractivity contribution in [3.8, 4) is 0 Å². The minimum atomic E-state index is 0.270. The van der Waals surface area contributed by atoms with Crippen LogP contribution in [0.3, 0.4) is 0 Å². The molecule has 1 saturated heterocycles. The van der Waals surface area contributed by atoms with Crippen LogP contribution in [0, 0.1) is 0 Å². The minimum absolute atomic E-state index is 0.270. The van der Waals surface area contributed by atoms with E-state index in [1.807, 2.05) is 24.3 Å². The number of rotatable bonds is 2. The molecule has 2 aromatic rings. The van der Waals surface area contributed by atoms with Gasteiger partial charge in [-0.2, -0.15) is 0 Å². The van der Waals surface area contributed by atoms with E-state index in [4.69, 9.17) is 11.5 Å². The summed E-state index contributed by atoms with van der Waals surface area (Å²) >= 11 is 0. The molecule has 5 nitrogen and oxygen atoms in total. The Morgan fingerprint density at radius 1 is 1.26 bits per heavy atom. The lowest BCUT2D eigenvalue weighted by molar-refractivity contribution is 0.197. The standard InChI is InChI=1S/C14H19N5/c15-10-4-3-7-19(8-10)9-13-17-12-6-2-1-5-11(12)14(16)18-13/h1-2,5-6,10H,3-4,7-9,15H2,(H2,16,17,18). The molecule has 100 valence electrons. The molecule has 1 aromatic carbocycles. The Hall–Kier alpha value is -1.72. The van der Waals surface area contributed by atoms with Crippen LogP contribution in [0.15, 0.2) is 24.3 Å². The Labute approximate surface area is 112 Å². The lowest BCUT2D eigenvalue weighted by atomic mass is 10.1. The second-order valence-electron chi connectivity index (χ2n) is 5.18. The highest BCUT2D eigenvalue weighted by atomic mass is 15.2. The molecule has 0 bridgehead atoms. The summed E-state index contributed by atoms with van der Waals surface area (Å²) in [5.41, 5.74) is 12.9. The second kappa shape index (κ2) is 5.11. The molecule has 1 fully saturated rings. The quantitative estimate of drug-likeness (QED) is 0.843. The van der Waals surface area contributed by atoms with E-state index in [2.05, 4.69) is 14.9 Å². The fraction of sp³-hybridized carbons (Fsp3) is 0.429. The van der Waals surface area contributed by atoms with Crippen molar-refractivity contribution in [3.63, 3.8) is 0 Å². The number of anilines is 1.